The Labute approximate surface area is 96.8 Å². The topological polar surface area (TPSA) is 52.7 Å². The predicted octanol–water partition coefficient (Wildman–Crippen LogP) is -0.323. The van der Waals surface area contributed by atoms with E-state index in [2.05, 4.69) is 17.3 Å². The number of amides is 2. The Morgan fingerprint density at radius 3 is 2.31 bits per heavy atom. The minimum absolute atomic E-state index is 0.00572. The second kappa shape index (κ2) is 6.48. The molecule has 0 aromatic carbocycles. The van der Waals surface area contributed by atoms with Gasteiger partial charge in [0.2, 0.25) is 11.8 Å². The Morgan fingerprint density at radius 2 is 1.75 bits per heavy atom. The number of rotatable bonds is 4. The van der Waals surface area contributed by atoms with Crippen molar-refractivity contribution < 1.29 is 9.59 Å². The van der Waals surface area contributed by atoms with E-state index < -0.39 is 0 Å². The average molecular weight is 227 g/mol. The standard InChI is InChI=1S/C11H21N3O2/c1-12-10(15)4-3-5-11(16)14-8-6-13(2)7-9-14/h3-9H2,1-2H3,(H,12,15). The van der Waals surface area contributed by atoms with E-state index in [1.165, 1.54) is 0 Å². The lowest BCUT2D eigenvalue weighted by Gasteiger charge is -2.32. The van der Waals surface area contributed by atoms with Gasteiger partial charge in [-0.25, -0.2) is 0 Å². The van der Waals surface area contributed by atoms with Crippen molar-refractivity contribution in [3.63, 3.8) is 0 Å². The van der Waals surface area contributed by atoms with Crippen LogP contribution in [0.15, 0.2) is 0 Å². The van der Waals surface area contributed by atoms with Crippen LogP contribution in [0.25, 0.3) is 0 Å². The molecule has 1 aliphatic heterocycles. The minimum Gasteiger partial charge on any atom is -0.359 e. The number of hydrogen-bond acceptors (Lipinski definition) is 3. The van der Waals surface area contributed by atoms with Crippen LogP contribution in [0.5, 0.6) is 0 Å². The van der Waals surface area contributed by atoms with Crippen LogP contribution in [0, 0.1) is 0 Å². The van der Waals surface area contributed by atoms with Gasteiger partial charge in [-0.2, -0.15) is 0 Å². The quantitative estimate of drug-likeness (QED) is 0.716. The molecule has 1 fully saturated rings. The van der Waals surface area contributed by atoms with Gasteiger partial charge in [0, 0.05) is 46.1 Å². The Balaban J connectivity index is 2.17. The average Bonchev–Trinajstić information content (AvgIpc) is 2.29. The van der Waals surface area contributed by atoms with Crippen LogP contribution in [0.1, 0.15) is 19.3 Å². The summed E-state index contributed by atoms with van der Waals surface area (Å²) in [6.45, 7) is 3.52. The summed E-state index contributed by atoms with van der Waals surface area (Å²) < 4.78 is 0. The van der Waals surface area contributed by atoms with Gasteiger partial charge in [-0.3, -0.25) is 9.59 Å². The van der Waals surface area contributed by atoms with Crippen molar-refractivity contribution in [2.24, 2.45) is 0 Å². The molecule has 1 rings (SSSR count). The highest BCUT2D eigenvalue weighted by atomic mass is 16.2. The summed E-state index contributed by atoms with van der Waals surface area (Å²) in [6, 6.07) is 0. The van der Waals surface area contributed by atoms with E-state index in [1.54, 1.807) is 7.05 Å². The molecule has 2 amide bonds. The van der Waals surface area contributed by atoms with E-state index in [-0.39, 0.29) is 11.8 Å². The van der Waals surface area contributed by atoms with E-state index >= 15 is 0 Å². The molecule has 0 bridgehead atoms. The molecule has 0 spiro atoms. The Kier molecular flexibility index (Phi) is 5.25. The summed E-state index contributed by atoms with van der Waals surface area (Å²) >= 11 is 0. The highest BCUT2D eigenvalue weighted by molar-refractivity contribution is 5.78. The Bertz CT molecular complexity index is 248. The highest BCUT2D eigenvalue weighted by Gasteiger charge is 2.18. The van der Waals surface area contributed by atoms with Crippen molar-refractivity contribution >= 4 is 11.8 Å². The lowest BCUT2D eigenvalue weighted by atomic mass is 10.2. The zero-order valence-electron chi connectivity index (χ0n) is 10.2. The summed E-state index contributed by atoms with van der Waals surface area (Å²) in [5, 5.41) is 2.55. The van der Waals surface area contributed by atoms with E-state index in [0.717, 1.165) is 26.2 Å². The molecule has 1 N–H and O–H groups in total. The van der Waals surface area contributed by atoms with Gasteiger partial charge in [-0.05, 0) is 13.5 Å². The maximum Gasteiger partial charge on any atom is 0.222 e. The molecule has 0 saturated carbocycles. The third-order valence-electron chi connectivity index (χ3n) is 2.93. The number of piperazine rings is 1. The number of carbonyl (C=O) groups excluding carboxylic acids is 2. The molecule has 0 unspecified atom stereocenters. The van der Waals surface area contributed by atoms with E-state index in [9.17, 15) is 9.59 Å². The molecule has 5 heteroatoms. The van der Waals surface area contributed by atoms with Crippen LogP contribution >= 0.6 is 0 Å². The molecule has 1 saturated heterocycles. The number of nitrogens with one attached hydrogen (secondary N) is 1. The highest BCUT2D eigenvalue weighted by Crippen LogP contribution is 2.05. The van der Waals surface area contributed by atoms with Gasteiger partial charge >= 0.3 is 0 Å². The second-order valence-electron chi connectivity index (χ2n) is 4.21. The lowest BCUT2D eigenvalue weighted by molar-refractivity contribution is -0.133. The number of likely N-dealkylation sites (N-methyl/N-ethyl adjacent to an activating group) is 1. The van der Waals surface area contributed by atoms with Crippen molar-refractivity contribution in [2.75, 3.05) is 40.3 Å². The monoisotopic (exact) mass is 227 g/mol. The first-order chi connectivity index (χ1) is 7.63. The fourth-order valence-electron chi connectivity index (χ4n) is 1.74. The third kappa shape index (κ3) is 4.18. The lowest BCUT2D eigenvalue weighted by Crippen LogP contribution is -2.47. The summed E-state index contributed by atoms with van der Waals surface area (Å²) in [6.07, 6.45) is 1.57. The molecular formula is C11H21N3O2. The van der Waals surface area contributed by atoms with Gasteiger partial charge < -0.3 is 15.1 Å². The summed E-state index contributed by atoms with van der Waals surface area (Å²) in [7, 11) is 3.68. The molecule has 5 nitrogen and oxygen atoms in total. The van der Waals surface area contributed by atoms with Crippen molar-refractivity contribution in [3.8, 4) is 0 Å². The van der Waals surface area contributed by atoms with Crippen molar-refractivity contribution in [3.05, 3.63) is 0 Å². The van der Waals surface area contributed by atoms with Crippen molar-refractivity contribution in [2.45, 2.75) is 19.3 Å². The first kappa shape index (κ1) is 13.0. The summed E-state index contributed by atoms with van der Waals surface area (Å²) in [5.41, 5.74) is 0. The maximum absolute atomic E-state index is 11.8. The predicted molar refractivity (Wildman–Crippen MR) is 62.0 cm³/mol. The molecule has 0 radical (unpaired) electrons. The van der Waals surface area contributed by atoms with Crippen LogP contribution < -0.4 is 5.32 Å². The smallest absolute Gasteiger partial charge is 0.222 e. The molecule has 0 aromatic heterocycles. The van der Waals surface area contributed by atoms with E-state index in [0.29, 0.717) is 19.3 Å². The van der Waals surface area contributed by atoms with Gasteiger partial charge in [-0.15, -0.1) is 0 Å². The Morgan fingerprint density at radius 1 is 1.12 bits per heavy atom. The summed E-state index contributed by atoms with van der Waals surface area (Å²) in [4.78, 5) is 26.8. The summed E-state index contributed by atoms with van der Waals surface area (Å²) in [5.74, 6) is 0.184. The second-order valence-corrected chi connectivity index (χ2v) is 4.21. The SMILES string of the molecule is CNC(=O)CCCC(=O)N1CCN(C)CC1. The van der Waals surface area contributed by atoms with Gasteiger partial charge in [0.1, 0.15) is 0 Å². The normalized spacial score (nSPS) is 17.2. The van der Waals surface area contributed by atoms with Crippen LogP contribution in [0.2, 0.25) is 0 Å². The van der Waals surface area contributed by atoms with Crippen molar-refractivity contribution in [1.82, 2.24) is 15.1 Å². The zero-order chi connectivity index (χ0) is 12.0. The van der Waals surface area contributed by atoms with E-state index in [4.69, 9.17) is 0 Å². The van der Waals surface area contributed by atoms with Gasteiger partial charge in [0.05, 0.1) is 0 Å². The minimum atomic E-state index is 0.00572. The van der Waals surface area contributed by atoms with Crippen LogP contribution in [0.3, 0.4) is 0 Å². The largest absolute Gasteiger partial charge is 0.359 e. The molecule has 0 aromatic rings. The molecule has 1 heterocycles. The molecule has 0 aliphatic carbocycles. The number of hydrogen-bond donors (Lipinski definition) is 1. The molecule has 92 valence electrons. The number of carbonyl (C=O) groups is 2. The van der Waals surface area contributed by atoms with E-state index in [1.807, 2.05) is 4.90 Å². The molecule has 0 atom stereocenters. The fraction of sp³-hybridized carbons (Fsp3) is 0.818. The molecule has 1 aliphatic rings. The first-order valence-electron chi connectivity index (χ1n) is 5.80. The maximum atomic E-state index is 11.8. The zero-order valence-corrected chi connectivity index (χ0v) is 10.2. The number of nitrogens with zero attached hydrogens (tertiary/aromatic N) is 2. The van der Waals surface area contributed by atoms with Gasteiger partial charge in [-0.1, -0.05) is 0 Å². The van der Waals surface area contributed by atoms with Crippen LogP contribution in [-0.4, -0.2) is 61.9 Å². The van der Waals surface area contributed by atoms with Crippen molar-refractivity contribution in [1.29, 1.82) is 0 Å². The van der Waals surface area contributed by atoms with Crippen LogP contribution in [-0.2, 0) is 9.59 Å². The van der Waals surface area contributed by atoms with Gasteiger partial charge in [0.15, 0.2) is 0 Å². The first-order valence-corrected chi connectivity index (χ1v) is 5.80. The fourth-order valence-corrected chi connectivity index (χ4v) is 1.74. The molecular weight excluding hydrogens is 206 g/mol. The molecule has 16 heavy (non-hydrogen) atoms. The van der Waals surface area contributed by atoms with Crippen LogP contribution in [0.4, 0.5) is 0 Å². The Hall–Kier alpha value is -1.10. The third-order valence-corrected chi connectivity index (χ3v) is 2.93. The van der Waals surface area contributed by atoms with Gasteiger partial charge in [0.25, 0.3) is 0 Å².